The summed E-state index contributed by atoms with van der Waals surface area (Å²) in [6.45, 7) is 0.920. The Hall–Kier alpha value is -1.97. The molecule has 3 rings (SSSR count). The molecule has 0 unspecified atom stereocenters. The van der Waals surface area contributed by atoms with Gasteiger partial charge in [-0.3, -0.25) is 4.72 Å². The second-order valence-electron chi connectivity index (χ2n) is 6.06. The molecule has 2 aromatic carbocycles. The van der Waals surface area contributed by atoms with Crippen LogP contribution in [0.15, 0.2) is 58.3 Å². The number of piperidine rings is 1. The Morgan fingerprint density at radius 1 is 0.846 bits per heavy atom. The van der Waals surface area contributed by atoms with E-state index in [1.165, 1.54) is 40.7 Å². The molecule has 0 radical (unpaired) electrons. The average molecular weight is 398 g/mol. The predicted octanol–water partition coefficient (Wildman–Crippen LogP) is 2.80. The molecule has 0 spiro atoms. The van der Waals surface area contributed by atoms with Crippen LogP contribution in [-0.4, -0.2) is 34.2 Å². The molecule has 9 heteroatoms. The van der Waals surface area contributed by atoms with E-state index < -0.39 is 25.9 Å². The number of halogens is 1. The van der Waals surface area contributed by atoms with Gasteiger partial charge in [0.2, 0.25) is 10.0 Å². The molecule has 1 aliphatic heterocycles. The van der Waals surface area contributed by atoms with E-state index in [2.05, 4.69) is 4.72 Å². The minimum Gasteiger partial charge on any atom is -0.280 e. The smallest absolute Gasteiger partial charge is 0.261 e. The molecule has 0 atom stereocenters. The highest BCUT2D eigenvalue weighted by molar-refractivity contribution is 7.92. The normalized spacial score (nSPS) is 16.3. The SMILES string of the molecule is O=S(=O)(Nc1cccc(S(=O)(=O)N2CCCCC2)c1)c1cccc(F)c1. The molecule has 1 aliphatic rings. The second kappa shape index (κ2) is 7.34. The zero-order valence-electron chi connectivity index (χ0n) is 13.9. The third-order valence-corrected chi connectivity index (χ3v) is 7.42. The Morgan fingerprint density at radius 2 is 1.50 bits per heavy atom. The molecular formula is C17H19FN2O4S2. The molecule has 0 aromatic heterocycles. The van der Waals surface area contributed by atoms with Gasteiger partial charge in [0, 0.05) is 13.1 Å². The standard InChI is InChI=1S/C17H19FN2O4S2/c18-14-6-4-8-16(12-14)25(21,22)19-15-7-5-9-17(13-15)26(23,24)20-10-2-1-3-11-20/h4-9,12-13,19H,1-3,10-11H2. The van der Waals surface area contributed by atoms with Gasteiger partial charge in [-0.2, -0.15) is 4.31 Å². The molecule has 6 nitrogen and oxygen atoms in total. The largest absolute Gasteiger partial charge is 0.280 e. The Labute approximate surface area is 152 Å². The molecule has 140 valence electrons. The van der Waals surface area contributed by atoms with Crippen LogP contribution in [0.3, 0.4) is 0 Å². The zero-order chi connectivity index (χ0) is 18.8. The van der Waals surface area contributed by atoms with Crippen molar-refractivity contribution < 1.29 is 21.2 Å². The van der Waals surface area contributed by atoms with E-state index in [1.807, 2.05) is 0 Å². The lowest BCUT2D eigenvalue weighted by molar-refractivity contribution is 0.346. The Bertz CT molecular complexity index is 1000. The van der Waals surface area contributed by atoms with Crippen LogP contribution >= 0.6 is 0 Å². The minimum absolute atomic E-state index is 0.0267. The van der Waals surface area contributed by atoms with Crippen molar-refractivity contribution in [1.29, 1.82) is 0 Å². The Balaban J connectivity index is 1.88. The summed E-state index contributed by atoms with van der Waals surface area (Å²) in [6, 6.07) is 10.2. The van der Waals surface area contributed by atoms with Gasteiger partial charge in [-0.25, -0.2) is 21.2 Å². The fraction of sp³-hybridized carbons (Fsp3) is 0.294. The first-order chi connectivity index (χ1) is 12.3. The van der Waals surface area contributed by atoms with Crippen LogP contribution in [0.5, 0.6) is 0 Å². The number of hydrogen-bond donors (Lipinski definition) is 1. The predicted molar refractivity (Wildman–Crippen MR) is 96.3 cm³/mol. The lowest BCUT2D eigenvalue weighted by Gasteiger charge is -2.26. The van der Waals surface area contributed by atoms with Crippen LogP contribution in [-0.2, 0) is 20.0 Å². The monoisotopic (exact) mass is 398 g/mol. The van der Waals surface area contributed by atoms with Gasteiger partial charge in [-0.15, -0.1) is 0 Å². The fourth-order valence-corrected chi connectivity index (χ4v) is 5.47. The molecule has 0 amide bonds. The number of anilines is 1. The molecule has 0 aliphatic carbocycles. The number of hydrogen-bond acceptors (Lipinski definition) is 4. The summed E-state index contributed by atoms with van der Waals surface area (Å²) in [6.07, 6.45) is 2.62. The molecule has 2 aromatic rings. The van der Waals surface area contributed by atoms with Crippen molar-refractivity contribution in [2.75, 3.05) is 17.8 Å². The van der Waals surface area contributed by atoms with Gasteiger partial charge in [0.1, 0.15) is 5.82 Å². The van der Waals surface area contributed by atoms with Crippen LogP contribution in [0, 0.1) is 5.82 Å². The maximum Gasteiger partial charge on any atom is 0.261 e. The molecule has 1 N–H and O–H groups in total. The number of nitrogens with zero attached hydrogens (tertiary/aromatic N) is 1. The maximum absolute atomic E-state index is 13.3. The van der Waals surface area contributed by atoms with Gasteiger partial charge < -0.3 is 0 Å². The van der Waals surface area contributed by atoms with Gasteiger partial charge in [0.15, 0.2) is 0 Å². The summed E-state index contributed by atoms with van der Waals surface area (Å²) in [5.41, 5.74) is 0.104. The summed E-state index contributed by atoms with van der Waals surface area (Å²) in [5, 5.41) is 0. The van der Waals surface area contributed by atoms with E-state index in [0.29, 0.717) is 13.1 Å². The summed E-state index contributed by atoms with van der Waals surface area (Å²) >= 11 is 0. The van der Waals surface area contributed by atoms with Crippen molar-refractivity contribution in [3.05, 3.63) is 54.3 Å². The fourth-order valence-electron chi connectivity index (χ4n) is 2.82. The summed E-state index contributed by atoms with van der Waals surface area (Å²) in [7, 11) is -7.69. The Kier molecular flexibility index (Phi) is 5.31. The van der Waals surface area contributed by atoms with E-state index in [4.69, 9.17) is 0 Å². The highest BCUT2D eigenvalue weighted by Gasteiger charge is 2.26. The quantitative estimate of drug-likeness (QED) is 0.839. The molecular weight excluding hydrogens is 379 g/mol. The molecule has 1 fully saturated rings. The molecule has 0 bridgehead atoms. The molecule has 26 heavy (non-hydrogen) atoms. The topological polar surface area (TPSA) is 83.5 Å². The summed E-state index contributed by atoms with van der Waals surface area (Å²) in [5.74, 6) is -0.672. The highest BCUT2D eigenvalue weighted by Crippen LogP contribution is 2.24. The van der Waals surface area contributed by atoms with Gasteiger partial charge in [0.25, 0.3) is 10.0 Å². The van der Waals surface area contributed by atoms with Crippen LogP contribution in [0.4, 0.5) is 10.1 Å². The number of sulfonamides is 2. The lowest BCUT2D eigenvalue weighted by Crippen LogP contribution is -2.35. The van der Waals surface area contributed by atoms with Crippen molar-refractivity contribution >= 4 is 25.7 Å². The maximum atomic E-state index is 13.3. The number of benzene rings is 2. The minimum atomic E-state index is -4.02. The zero-order valence-corrected chi connectivity index (χ0v) is 15.6. The Morgan fingerprint density at radius 3 is 2.19 bits per heavy atom. The average Bonchev–Trinajstić information content (AvgIpc) is 2.62. The number of rotatable bonds is 5. The van der Waals surface area contributed by atoms with Crippen molar-refractivity contribution in [2.24, 2.45) is 0 Å². The lowest BCUT2D eigenvalue weighted by atomic mass is 10.2. The van der Waals surface area contributed by atoms with E-state index in [0.717, 1.165) is 31.4 Å². The first-order valence-corrected chi connectivity index (χ1v) is 11.1. The van der Waals surface area contributed by atoms with Crippen molar-refractivity contribution in [3.8, 4) is 0 Å². The van der Waals surface area contributed by atoms with Crippen LogP contribution < -0.4 is 4.72 Å². The van der Waals surface area contributed by atoms with Crippen LogP contribution in [0.25, 0.3) is 0 Å². The summed E-state index contributed by atoms with van der Waals surface area (Å²) in [4.78, 5) is -0.208. The van der Waals surface area contributed by atoms with Crippen LogP contribution in [0.1, 0.15) is 19.3 Å². The van der Waals surface area contributed by atoms with E-state index in [1.54, 1.807) is 0 Å². The van der Waals surface area contributed by atoms with Crippen LogP contribution in [0.2, 0.25) is 0 Å². The molecule has 1 heterocycles. The third kappa shape index (κ3) is 4.05. The van der Waals surface area contributed by atoms with Crippen molar-refractivity contribution in [1.82, 2.24) is 4.31 Å². The third-order valence-electron chi connectivity index (χ3n) is 4.15. The first kappa shape index (κ1) is 18.8. The highest BCUT2D eigenvalue weighted by atomic mass is 32.2. The first-order valence-electron chi connectivity index (χ1n) is 8.18. The van der Waals surface area contributed by atoms with Gasteiger partial charge in [0.05, 0.1) is 15.5 Å². The van der Waals surface area contributed by atoms with Gasteiger partial charge in [-0.05, 0) is 49.2 Å². The van der Waals surface area contributed by atoms with Gasteiger partial charge >= 0.3 is 0 Å². The second-order valence-corrected chi connectivity index (χ2v) is 9.68. The van der Waals surface area contributed by atoms with E-state index in [-0.39, 0.29) is 15.5 Å². The van der Waals surface area contributed by atoms with Gasteiger partial charge in [-0.1, -0.05) is 18.6 Å². The number of nitrogens with one attached hydrogen (secondary N) is 1. The van der Waals surface area contributed by atoms with E-state index >= 15 is 0 Å². The molecule has 1 saturated heterocycles. The van der Waals surface area contributed by atoms with Crippen molar-refractivity contribution in [2.45, 2.75) is 29.1 Å². The van der Waals surface area contributed by atoms with E-state index in [9.17, 15) is 21.2 Å². The molecule has 0 saturated carbocycles. The summed E-state index contributed by atoms with van der Waals surface area (Å²) < 4.78 is 67.2. The van der Waals surface area contributed by atoms with Crippen molar-refractivity contribution in [3.63, 3.8) is 0 Å².